The van der Waals surface area contributed by atoms with Gasteiger partial charge in [0.15, 0.2) is 0 Å². The molecule has 0 atom stereocenters. The van der Waals surface area contributed by atoms with Crippen molar-refractivity contribution in [1.82, 2.24) is 0 Å². The molecular weight excluding hydrogens is 228 g/mol. The van der Waals surface area contributed by atoms with Gasteiger partial charge in [-0.1, -0.05) is 11.6 Å². The zero-order valence-corrected chi connectivity index (χ0v) is 10.6. The van der Waals surface area contributed by atoms with Crippen molar-refractivity contribution in [3.8, 4) is 5.75 Å². The fraction of sp³-hybridized carbons (Fsp3) is 0.417. The van der Waals surface area contributed by atoms with Crippen LogP contribution in [0.25, 0.3) is 0 Å². The molecule has 0 amide bonds. The predicted molar refractivity (Wildman–Crippen MR) is 63.6 cm³/mol. The van der Waals surface area contributed by atoms with E-state index in [9.17, 15) is 4.79 Å². The lowest BCUT2D eigenvalue weighted by molar-refractivity contribution is 0.0689. The molecule has 0 heterocycles. The van der Waals surface area contributed by atoms with Crippen molar-refractivity contribution in [1.29, 1.82) is 0 Å². The summed E-state index contributed by atoms with van der Waals surface area (Å²) < 4.78 is 5.53. The van der Waals surface area contributed by atoms with Crippen molar-refractivity contribution in [3.05, 3.63) is 27.8 Å². The average molecular weight is 243 g/mol. The van der Waals surface area contributed by atoms with Gasteiger partial charge in [-0.05, 0) is 44.9 Å². The van der Waals surface area contributed by atoms with E-state index in [-0.39, 0.29) is 11.7 Å². The maximum absolute atomic E-state index is 11.2. The molecule has 0 bridgehead atoms. The van der Waals surface area contributed by atoms with Crippen LogP contribution in [-0.2, 0) is 0 Å². The second-order valence-corrected chi connectivity index (χ2v) is 4.38. The van der Waals surface area contributed by atoms with Gasteiger partial charge in [-0.25, -0.2) is 4.79 Å². The van der Waals surface area contributed by atoms with Crippen LogP contribution < -0.4 is 4.74 Å². The third kappa shape index (κ3) is 2.47. The first-order valence-electron chi connectivity index (χ1n) is 5.04. The van der Waals surface area contributed by atoms with Crippen LogP contribution >= 0.6 is 11.6 Å². The highest BCUT2D eigenvalue weighted by Gasteiger charge is 2.20. The summed E-state index contributed by atoms with van der Waals surface area (Å²) in [7, 11) is 0. The Morgan fingerprint density at radius 2 is 2.00 bits per heavy atom. The van der Waals surface area contributed by atoms with Gasteiger partial charge < -0.3 is 9.84 Å². The first-order chi connectivity index (χ1) is 7.34. The first kappa shape index (κ1) is 12.8. The van der Waals surface area contributed by atoms with E-state index < -0.39 is 5.97 Å². The van der Waals surface area contributed by atoms with Crippen LogP contribution in [0.4, 0.5) is 0 Å². The monoisotopic (exact) mass is 242 g/mol. The summed E-state index contributed by atoms with van der Waals surface area (Å²) in [5.74, 6) is -0.608. The molecule has 88 valence electrons. The minimum absolute atomic E-state index is 0.0719. The van der Waals surface area contributed by atoms with E-state index in [1.165, 1.54) is 0 Å². The Bertz CT molecular complexity index is 425. The number of halogens is 1. The standard InChI is InChI=1S/C12H15ClO3/c1-6(2)16-11-7(3)5-9(13)8(4)10(11)12(14)15/h5-6H,1-4H3,(H,14,15). The first-order valence-corrected chi connectivity index (χ1v) is 5.42. The molecule has 1 aromatic rings. The number of benzene rings is 1. The zero-order valence-electron chi connectivity index (χ0n) is 9.80. The second-order valence-electron chi connectivity index (χ2n) is 3.98. The molecule has 0 spiro atoms. The number of aromatic carboxylic acids is 1. The summed E-state index contributed by atoms with van der Waals surface area (Å²) >= 11 is 5.95. The number of carboxylic acids is 1. The average Bonchev–Trinajstić information content (AvgIpc) is 2.13. The molecular formula is C12H15ClO3. The highest BCUT2D eigenvalue weighted by molar-refractivity contribution is 6.32. The maximum Gasteiger partial charge on any atom is 0.339 e. The molecule has 0 aliphatic heterocycles. The number of hydrogen-bond acceptors (Lipinski definition) is 2. The summed E-state index contributed by atoms with van der Waals surface area (Å²) in [5, 5.41) is 9.62. The Labute approximate surface area is 100.0 Å². The van der Waals surface area contributed by atoms with Crippen molar-refractivity contribution < 1.29 is 14.6 Å². The molecule has 0 aromatic heterocycles. The number of carboxylic acid groups (broad SMARTS) is 1. The maximum atomic E-state index is 11.2. The van der Waals surface area contributed by atoms with Crippen LogP contribution in [0.3, 0.4) is 0 Å². The molecule has 4 heteroatoms. The van der Waals surface area contributed by atoms with Crippen molar-refractivity contribution >= 4 is 17.6 Å². The van der Waals surface area contributed by atoms with Gasteiger partial charge in [-0.15, -0.1) is 0 Å². The largest absolute Gasteiger partial charge is 0.490 e. The lowest BCUT2D eigenvalue weighted by Crippen LogP contribution is -2.12. The van der Waals surface area contributed by atoms with E-state index in [2.05, 4.69) is 0 Å². The fourth-order valence-corrected chi connectivity index (χ4v) is 1.75. The molecule has 1 rings (SSSR count). The number of ether oxygens (including phenoxy) is 1. The van der Waals surface area contributed by atoms with E-state index in [1.54, 1.807) is 19.9 Å². The molecule has 0 aliphatic carbocycles. The quantitative estimate of drug-likeness (QED) is 0.883. The van der Waals surface area contributed by atoms with Crippen LogP contribution in [0.1, 0.15) is 35.3 Å². The normalized spacial score (nSPS) is 10.6. The Kier molecular flexibility index (Phi) is 3.81. The molecule has 0 saturated heterocycles. The van der Waals surface area contributed by atoms with E-state index >= 15 is 0 Å². The highest BCUT2D eigenvalue weighted by atomic mass is 35.5. The van der Waals surface area contributed by atoms with Gasteiger partial charge in [0.2, 0.25) is 0 Å². The lowest BCUT2D eigenvalue weighted by Gasteiger charge is -2.17. The van der Waals surface area contributed by atoms with Gasteiger partial charge in [-0.2, -0.15) is 0 Å². The molecule has 1 N–H and O–H groups in total. The van der Waals surface area contributed by atoms with Crippen LogP contribution in [0.15, 0.2) is 6.07 Å². The van der Waals surface area contributed by atoms with E-state index in [0.717, 1.165) is 5.56 Å². The molecule has 3 nitrogen and oxygen atoms in total. The Hall–Kier alpha value is -1.22. The number of rotatable bonds is 3. The van der Waals surface area contributed by atoms with E-state index in [4.69, 9.17) is 21.4 Å². The van der Waals surface area contributed by atoms with Crippen LogP contribution in [0.2, 0.25) is 5.02 Å². The Balaban J connectivity index is 3.44. The van der Waals surface area contributed by atoms with E-state index in [1.807, 2.05) is 13.8 Å². The third-order valence-electron chi connectivity index (χ3n) is 2.23. The molecule has 0 fully saturated rings. The molecule has 0 radical (unpaired) electrons. The fourth-order valence-electron chi connectivity index (χ4n) is 1.50. The van der Waals surface area contributed by atoms with Gasteiger partial charge in [0.05, 0.1) is 6.10 Å². The van der Waals surface area contributed by atoms with Gasteiger partial charge in [0, 0.05) is 5.02 Å². The smallest absolute Gasteiger partial charge is 0.339 e. The van der Waals surface area contributed by atoms with Crippen molar-refractivity contribution in [2.45, 2.75) is 33.8 Å². The summed E-state index contributed by atoms with van der Waals surface area (Å²) in [4.78, 5) is 11.2. The lowest BCUT2D eigenvalue weighted by atomic mass is 10.0. The summed E-state index contributed by atoms with van der Waals surface area (Å²) in [5.41, 5.74) is 1.43. The number of carbonyl (C=O) groups is 1. The molecule has 0 unspecified atom stereocenters. The number of aryl methyl sites for hydroxylation is 1. The minimum atomic E-state index is -1.02. The van der Waals surface area contributed by atoms with E-state index in [0.29, 0.717) is 16.3 Å². The summed E-state index contributed by atoms with van der Waals surface area (Å²) in [6, 6.07) is 1.72. The minimum Gasteiger partial charge on any atom is -0.490 e. The Morgan fingerprint density at radius 3 is 2.44 bits per heavy atom. The van der Waals surface area contributed by atoms with Gasteiger partial charge in [0.1, 0.15) is 11.3 Å². The van der Waals surface area contributed by atoms with Crippen LogP contribution in [-0.4, -0.2) is 17.2 Å². The van der Waals surface area contributed by atoms with Gasteiger partial charge >= 0.3 is 5.97 Å². The van der Waals surface area contributed by atoms with Crippen LogP contribution in [0, 0.1) is 13.8 Å². The molecule has 0 aliphatic rings. The topological polar surface area (TPSA) is 46.5 Å². The molecule has 1 aromatic carbocycles. The van der Waals surface area contributed by atoms with Gasteiger partial charge in [-0.3, -0.25) is 0 Å². The summed E-state index contributed by atoms with van der Waals surface area (Å²) in [6.07, 6.45) is -0.0719. The van der Waals surface area contributed by atoms with Gasteiger partial charge in [0.25, 0.3) is 0 Å². The molecule has 0 saturated carbocycles. The summed E-state index contributed by atoms with van der Waals surface area (Å²) in [6.45, 7) is 7.18. The third-order valence-corrected chi connectivity index (χ3v) is 2.62. The Morgan fingerprint density at radius 1 is 1.44 bits per heavy atom. The van der Waals surface area contributed by atoms with Crippen molar-refractivity contribution in [2.75, 3.05) is 0 Å². The van der Waals surface area contributed by atoms with Crippen molar-refractivity contribution in [3.63, 3.8) is 0 Å². The predicted octanol–water partition coefficient (Wildman–Crippen LogP) is 3.44. The highest BCUT2D eigenvalue weighted by Crippen LogP contribution is 2.32. The SMILES string of the molecule is Cc1cc(Cl)c(C)c(C(=O)O)c1OC(C)C. The molecule has 16 heavy (non-hydrogen) atoms. The second kappa shape index (κ2) is 4.74. The van der Waals surface area contributed by atoms with Crippen molar-refractivity contribution in [2.24, 2.45) is 0 Å². The number of hydrogen-bond donors (Lipinski definition) is 1. The zero-order chi connectivity index (χ0) is 12.5. The van der Waals surface area contributed by atoms with Crippen LogP contribution in [0.5, 0.6) is 5.75 Å².